The van der Waals surface area contributed by atoms with Crippen LogP contribution in [-0.4, -0.2) is 24.9 Å². The molecule has 6 heteroatoms. The van der Waals surface area contributed by atoms with Gasteiger partial charge in [-0.15, -0.1) is 0 Å². The third kappa shape index (κ3) is 2.27. The Morgan fingerprint density at radius 1 is 1.39 bits per heavy atom. The molecule has 1 atom stereocenters. The maximum atomic E-state index is 13.1. The molecule has 1 heterocycles. The van der Waals surface area contributed by atoms with Gasteiger partial charge in [0.1, 0.15) is 5.75 Å². The van der Waals surface area contributed by atoms with E-state index in [1.54, 1.807) is 0 Å². The summed E-state index contributed by atoms with van der Waals surface area (Å²) in [4.78, 5) is 0. The normalized spacial score (nSPS) is 23.7. The van der Waals surface area contributed by atoms with Crippen molar-refractivity contribution < 1.29 is 17.9 Å². The van der Waals surface area contributed by atoms with Gasteiger partial charge >= 0.3 is 6.18 Å². The lowest BCUT2D eigenvalue weighted by molar-refractivity contribution is -0.240. The van der Waals surface area contributed by atoms with Crippen LogP contribution in [0, 0.1) is 11.3 Å². The molecular weight excluding hydrogens is 245 g/mol. The van der Waals surface area contributed by atoms with Gasteiger partial charge in [-0.25, -0.2) is 0 Å². The first kappa shape index (κ1) is 12.7. The second-order valence-electron chi connectivity index (χ2n) is 4.16. The summed E-state index contributed by atoms with van der Waals surface area (Å²) in [5, 5.41) is 11.4. The number of nitrogens with zero attached hydrogens (tertiary/aromatic N) is 1. The fourth-order valence-electron chi connectivity index (χ4n) is 1.91. The largest absolute Gasteiger partial charge is 0.476 e. The molecule has 1 aromatic carbocycles. The highest BCUT2D eigenvalue weighted by molar-refractivity contribution is 5.36. The van der Waals surface area contributed by atoms with Crippen molar-refractivity contribution in [2.75, 3.05) is 13.1 Å². The van der Waals surface area contributed by atoms with Gasteiger partial charge in [-0.05, 0) is 24.7 Å². The number of nitriles is 1. The Labute approximate surface area is 102 Å². The summed E-state index contributed by atoms with van der Waals surface area (Å²) in [6.45, 7) is -0.00919. The molecule has 1 aliphatic rings. The zero-order valence-corrected chi connectivity index (χ0v) is 9.42. The first-order chi connectivity index (χ1) is 8.47. The zero-order valence-electron chi connectivity index (χ0n) is 9.42. The lowest BCUT2D eigenvalue weighted by Gasteiger charge is -2.31. The van der Waals surface area contributed by atoms with Gasteiger partial charge < -0.3 is 10.1 Å². The van der Waals surface area contributed by atoms with Gasteiger partial charge in [0.05, 0.1) is 11.6 Å². The zero-order chi connectivity index (χ0) is 13.2. The Morgan fingerprint density at radius 2 is 2.17 bits per heavy atom. The molecule has 1 unspecified atom stereocenters. The molecule has 1 N–H and O–H groups in total. The van der Waals surface area contributed by atoms with E-state index in [-0.39, 0.29) is 30.8 Å². The molecule has 96 valence electrons. The third-order valence-corrected chi connectivity index (χ3v) is 2.91. The molecular formula is C12H11F3N2O. The minimum Gasteiger partial charge on any atom is -0.476 e. The summed E-state index contributed by atoms with van der Waals surface area (Å²) in [5.41, 5.74) is -1.92. The minimum absolute atomic E-state index is 0.0649. The van der Waals surface area contributed by atoms with Crippen molar-refractivity contribution in [3.63, 3.8) is 0 Å². The van der Waals surface area contributed by atoms with Crippen molar-refractivity contribution in [2.45, 2.75) is 18.2 Å². The van der Waals surface area contributed by atoms with Crippen LogP contribution in [0.3, 0.4) is 0 Å². The van der Waals surface area contributed by atoms with Crippen molar-refractivity contribution >= 4 is 0 Å². The van der Waals surface area contributed by atoms with Crippen LogP contribution in [0.25, 0.3) is 0 Å². The van der Waals surface area contributed by atoms with Crippen LogP contribution in [0.1, 0.15) is 12.0 Å². The molecule has 18 heavy (non-hydrogen) atoms. The Kier molecular flexibility index (Phi) is 3.18. The van der Waals surface area contributed by atoms with E-state index in [9.17, 15) is 13.2 Å². The molecule has 0 amide bonds. The van der Waals surface area contributed by atoms with E-state index >= 15 is 0 Å². The summed E-state index contributed by atoms with van der Waals surface area (Å²) >= 11 is 0. The Hall–Kier alpha value is -1.74. The number of nitrogens with one attached hydrogen (secondary N) is 1. The molecule has 0 bridgehead atoms. The van der Waals surface area contributed by atoms with E-state index in [1.165, 1.54) is 24.3 Å². The fraction of sp³-hybridized carbons (Fsp3) is 0.417. The lowest BCUT2D eigenvalue weighted by Crippen LogP contribution is -2.52. The van der Waals surface area contributed by atoms with Gasteiger partial charge in [0.15, 0.2) is 0 Å². The highest BCUT2D eigenvalue weighted by Gasteiger charge is 2.58. The van der Waals surface area contributed by atoms with Crippen molar-refractivity contribution in [1.82, 2.24) is 5.32 Å². The first-order valence-corrected chi connectivity index (χ1v) is 5.43. The molecule has 1 saturated heterocycles. The van der Waals surface area contributed by atoms with E-state index in [0.717, 1.165) is 0 Å². The molecule has 1 fully saturated rings. The number of hydrogen-bond donors (Lipinski definition) is 1. The van der Waals surface area contributed by atoms with Crippen molar-refractivity contribution in [1.29, 1.82) is 5.26 Å². The molecule has 3 nitrogen and oxygen atoms in total. The van der Waals surface area contributed by atoms with Crippen LogP contribution in [0.2, 0.25) is 0 Å². The number of benzene rings is 1. The number of rotatable bonds is 2. The van der Waals surface area contributed by atoms with Crippen LogP contribution < -0.4 is 10.1 Å². The number of ether oxygens (including phenoxy) is 1. The SMILES string of the molecule is N#Cc1cccc(OC2(C(F)(F)F)CCNC2)c1. The topological polar surface area (TPSA) is 45.0 Å². The summed E-state index contributed by atoms with van der Waals surface area (Å²) in [6, 6.07) is 7.62. The molecule has 0 radical (unpaired) electrons. The smallest absolute Gasteiger partial charge is 0.429 e. The summed E-state index contributed by atoms with van der Waals surface area (Å²) < 4.78 is 44.3. The third-order valence-electron chi connectivity index (χ3n) is 2.91. The summed E-state index contributed by atoms with van der Waals surface area (Å²) in [7, 11) is 0. The van der Waals surface area contributed by atoms with Crippen molar-refractivity contribution in [3.05, 3.63) is 29.8 Å². The summed E-state index contributed by atoms with van der Waals surface area (Å²) in [5.74, 6) is 0.0649. The lowest BCUT2D eigenvalue weighted by atomic mass is 10.0. The average Bonchev–Trinajstić information content (AvgIpc) is 2.78. The van der Waals surface area contributed by atoms with Crippen LogP contribution in [0.15, 0.2) is 24.3 Å². The minimum atomic E-state index is -4.45. The van der Waals surface area contributed by atoms with Gasteiger partial charge in [-0.2, -0.15) is 18.4 Å². The highest BCUT2D eigenvalue weighted by Crippen LogP contribution is 2.39. The molecule has 2 rings (SSSR count). The van der Waals surface area contributed by atoms with Crippen molar-refractivity contribution in [2.24, 2.45) is 0 Å². The first-order valence-electron chi connectivity index (χ1n) is 5.43. The number of alkyl halides is 3. The quantitative estimate of drug-likeness (QED) is 0.882. The second-order valence-corrected chi connectivity index (χ2v) is 4.16. The van der Waals surface area contributed by atoms with Gasteiger partial charge in [0.25, 0.3) is 0 Å². The predicted octanol–water partition coefficient (Wildman–Crippen LogP) is 2.23. The molecule has 1 aliphatic heterocycles. The van der Waals surface area contributed by atoms with E-state index in [0.29, 0.717) is 0 Å². The van der Waals surface area contributed by atoms with Gasteiger partial charge in [-0.1, -0.05) is 6.07 Å². The maximum Gasteiger partial charge on any atom is 0.429 e. The van der Waals surface area contributed by atoms with E-state index in [2.05, 4.69) is 5.32 Å². The van der Waals surface area contributed by atoms with E-state index in [4.69, 9.17) is 10.00 Å². The molecule has 0 aromatic heterocycles. The Bertz CT molecular complexity index is 473. The Morgan fingerprint density at radius 3 is 2.72 bits per heavy atom. The molecule has 0 aliphatic carbocycles. The number of hydrogen-bond acceptors (Lipinski definition) is 3. The number of halogens is 3. The van der Waals surface area contributed by atoms with Crippen molar-refractivity contribution in [3.8, 4) is 11.8 Å². The molecule has 1 aromatic rings. The standard InChI is InChI=1S/C12H11F3N2O/c13-12(14,15)11(4-5-17-8-11)18-10-3-1-2-9(6-10)7-16/h1-3,6,17H,4-5,8H2. The van der Waals surface area contributed by atoms with Gasteiger partial charge in [0, 0.05) is 13.0 Å². The highest BCUT2D eigenvalue weighted by atomic mass is 19.4. The second kappa shape index (κ2) is 4.50. The van der Waals surface area contributed by atoms with Crippen LogP contribution in [0.4, 0.5) is 13.2 Å². The van der Waals surface area contributed by atoms with Crippen LogP contribution in [0.5, 0.6) is 5.75 Å². The van der Waals surface area contributed by atoms with Gasteiger partial charge in [-0.3, -0.25) is 0 Å². The van der Waals surface area contributed by atoms with E-state index in [1.807, 2.05) is 6.07 Å². The van der Waals surface area contributed by atoms with Gasteiger partial charge in [0.2, 0.25) is 5.60 Å². The van der Waals surface area contributed by atoms with E-state index < -0.39 is 11.8 Å². The monoisotopic (exact) mass is 256 g/mol. The summed E-state index contributed by atoms with van der Waals surface area (Å²) in [6.07, 6.45) is -4.58. The average molecular weight is 256 g/mol. The maximum absolute atomic E-state index is 13.1. The molecule has 0 saturated carbocycles. The predicted molar refractivity (Wildman–Crippen MR) is 58.1 cm³/mol. The fourth-order valence-corrected chi connectivity index (χ4v) is 1.91. The molecule has 0 spiro atoms. The Balaban J connectivity index is 2.27. The van der Waals surface area contributed by atoms with Crippen LogP contribution >= 0.6 is 0 Å². The van der Waals surface area contributed by atoms with Crippen LogP contribution in [-0.2, 0) is 0 Å².